The molecule has 0 aliphatic heterocycles. The Morgan fingerprint density at radius 2 is 0.286 bits per heavy atom. The summed E-state index contributed by atoms with van der Waals surface area (Å²) in [6.07, 6.45) is 0. The van der Waals surface area contributed by atoms with Gasteiger partial charge in [-0.3, -0.25) is 0 Å². The van der Waals surface area contributed by atoms with E-state index in [-0.39, 0.29) is 49.3 Å². The Kier molecular flexibility index (Phi) is 1690000. The molecule has 7 heavy (non-hydrogen) atoms. The molecular formula is H14NiO6. The molecule has 0 atom stereocenters. The molecule has 0 unspecified atom stereocenters. The molecule has 0 radical (unpaired) electrons. The Hall–Kier alpha value is 0.254. The van der Waals surface area contributed by atoms with Gasteiger partial charge in [0.1, 0.15) is 0 Å². The molecule has 12 N–H and O–H groups in total. The van der Waals surface area contributed by atoms with Crippen LogP contribution in [0, 0.1) is 0 Å². The maximum atomic E-state index is 0. The Morgan fingerprint density at radius 1 is 0.286 bits per heavy atom. The Bertz CT molecular complexity index is 4.14. The van der Waals surface area contributed by atoms with Crippen LogP contribution < -0.4 is 0 Å². The molecular weight excluding hydrogens is 155 g/mol. The molecule has 0 heterocycles. The average molecular weight is 169 g/mol. The second-order valence-electron chi connectivity index (χ2n) is 0. The van der Waals surface area contributed by atoms with Crippen molar-refractivity contribution in [3.05, 3.63) is 0 Å². The minimum atomic E-state index is 0. The van der Waals surface area contributed by atoms with Crippen LogP contribution in [0.2, 0.25) is 0 Å². The average Bonchev–Trinajstić information content (AvgIpc) is 0. The summed E-state index contributed by atoms with van der Waals surface area (Å²) < 4.78 is 0. The van der Waals surface area contributed by atoms with Crippen LogP contribution in [0.15, 0.2) is 0 Å². The number of rotatable bonds is 0. The second kappa shape index (κ2) is 2690. The van der Waals surface area contributed by atoms with E-state index in [9.17, 15) is 0 Å². The molecule has 0 bridgehead atoms. The van der Waals surface area contributed by atoms with Crippen molar-refractivity contribution in [1.29, 1.82) is 0 Å². The van der Waals surface area contributed by atoms with Crippen molar-refractivity contribution in [3.8, 4) is 0 Å². The van der Waals surface area contributed by atoms with Crippen molar-refractivity contribution in [1.82, 2.24) is 0 Å². The molecule has 0 rings (SSSR count). The molecule has 0 spiro atoms. The van der Waals surface area contributed by atoms with E-state index < -0.39 is 0 Å². The summed E-state index contributed by atoms with van der Waals surface area (Å²) in [6, 6.07) is 0. The van der Waals surface area contributed by atoms with Gasteiger partial charge in [-0.25, -0.2) is 0 Å². The summed E-state index contributed by atoms with van der Waals surface area (Å²) in [5.41, 5.74) is 0. The van der Waals surface area contributed by atoms with Crippen LogP contribution in [0.5, 0.6) is 0 Å². The molecule has 0 aliphatic rings. The summed E-state index contributed by atoms with van der Waals surface area (Å²) in [7, 11) is 0. The van der Waals surface area contributed by atoms with Gasteiger partial charge in [0, 0.05) is 0 Å². The quantitative estimate of drug-likeness (QED) is 0.312. The van der Waals surface area contributed by atoms with Crippen LogP contribution in [0.4, 0.5) is 0 Å². The fourth-order valence-electron chi connectivity index (χ4n) is 0. The van der Waals surface area contributed by atoms with E-state index in [1.807, 2.05) is 0 Å². The molecule has 0 aromatic heterocycles. The first-order valence-corrected chi connectivity index (χ1v) is 0. The van der Waals surface area contributed by atoms with Crippen molar-refractivity contribution in [2.75, 3.05) is 0 Å². The Morgan fingerprint density at radius 3 is 0.286 bits per heavy atom. The molecule has 0 aromatic rings. The fourth-order valence-corrected chi connectivity index (χ4v) is 0. The van der Waals surface area contributed by atoms with Crippen molar-refractivity contribution >= 4 is 0 Å². The summed E-state index contributed by atoms with van der Waals surface area (Å²) in [4.78, 5) is 0. The van der Waals surface area contributed by atoms with Crippen LogP contribution >= 0.6 is 0 Å². The van der Waals surface area contributed by atoms with Gasteiger partial charge in [-0.15, -0.1) is 0 Å². The van der Waals surface area contributed by atoms with Gasteiger partial charge in [0.25, 0.3) is 0 Å². The van der Waals surface area contributed by atoms with Crippen LogP contribution in [0.1, 0.15) is 0 Å². The van der Waals surface area contributed by atoms with E-state index in [0.29, 0.717) is 0 Å². The van der Waals surface area contributed by atoms with E-state index in [4.69, 9.17) is 0 Å². The molecule has 0 aromatic carbocycles. The zero-order valence-corrected chi connectivity index (χ0v) is 4.46. The first-order valence-electron chi connectivity index (χ1n) is 0. The van der Waals surface area contributed by atoms with Gasteiger partial charge in [-0.1, -0.05) is 0 Å². The van der Waals surface area contributed by atoms with Gasteiger partial charge >= 0.3 is 16.5 Å². The van der Waals surface area contributed by atoms with Gasteiger partial charge in [0.05, 0.1) is 0 Å². The topological polar surface area (TPSA) is 189 Å². The van der Waals surface area contributed by atoms with Gasteiger partial charge < -0.3 is 32.9 Å². The molecule has 0 amide bonds. The predicted octanol–water partition coefficient (Wildman–Crippen LogP) is -5.49. The van der Waals surface area contributed by atoms with E-state index >= 15 is 0 Å². The van der Waals surface area contributed by atoms with Gasteiger partial charge in [0.2, 0.25) is 0 Å². The maximum absolute atomic E-state index is 0. The van der Waals surface area contributed by atoms with Crippen molar-refractivity contribution in [2.24, 2.45) is 0 Å². The minimum absolute atomic E-state index is 0. The van der Waals surface area contributed by atoms with E-state index in [2.05, 4.69) is 0 Å². The van der Waals surface area contributed by atoms with Crippen molar-refractivity contribution in [2.45, 2.75) is 0 Å². The number of hydrogen-bond acceptors (Lipinski definition) is 0. The van der Waals surface area contributed by atoms with Gasteiger partial charge in [-0.2, -0.15) is 0 Å². The fraction of sp³-hybridized carbons (Fsp3) is 0. The third-order valence-corrected chi connectivity index (χ3v) is 0. The SMILES string of the molecule is O.O.O.O.O.O.[NiH2]. The second-order valence-corrected chi connectivity index (χ2v) is 0. The standard InChI is InChI=1S/Ni.6H2O.2H/h;6*1H2;;. The third kappa shape index (κ3) is 1760. The van der Waals surface area contributed by atoms with Gasteiger partial charge in [-0.05, 0) is 0 Å². The zero-order chi connectivity index (χ0) is 0. The summed E-state index contributed by atoms with van der Waals surface area (Å²) in [6.45, 7) is 0. The zero-order valence-electron chi connectivity index (χ0n) is 3.35. The van der Waals surface area contributed by atoms with E-state index in [0.717, 1.165) is 0 Å². The van der Waals surface area contributed by atoms with Crippen molar-refractivity contribution < 1.29 is 49.3 Å². The van der Waals surface area contributed by atoms with Crippen LogP contribution in [0.3, 0.4) is 0 Å². The molecule has 0 saturated carbocycles. The van der Waals surface area contributed by atoms with Crippen LogP contribution in [-0.4, -0.2) is 32.9 Å². The van der Waals surface area contributed by atoms with Crippen LogP contribution in [0.25, 0.3) is 0 Å². The van der Waals surface area contributed by atoms with Crippen molar-refractivity contribution in [3.63, 3.8) is 0 Å². The Labute approximate surface area is 50.3 Å². The van der Waals surface area contributed by atoms with E-state index in [1.54, 1.807) is 0 Å². The molecule has 60 valence electrons. The molecule has 0 saturated heterocycles. The third-order valence-electron chi connectivity index (χ3n) is 0. The summed E-state index contributed by atoms with van der Waals surface area (Å²) in [5.74, 6) is 0. The molecule has 6 nitrogen and oxygen atoms in total. The monoisotopic (exact) mass is 168 g/mol. The van der Waals surface area contributed by atoms with Gasteiger partial charge in [0.15, 0.2) is 0 Å². The molecule has 0 fully saturated rings. The molecule has 7 heteroatoms. The van der Waals surface area contributed by atoms with Crippen LogP contribution in [-0.2, 0) is 16.5 Å². The Balaban J connectivity index is 0. The predicted molar refractivity (Wildman–Crippen MR) is 24.5 cm³/mol. The first kappa shape index (κ1) is 4410. The molecule has 0 aliphatic carbocycles. The number of hydrogen-bond donors (Lipinski definition) is 0. The van der Waals surface area contributed by atoms with E-state index in [1.165, 1.54) is 0 Å². The summed E-state index contributed by atoms with van der Waals surface area (Å²) >= 11 is 0. The summed E-state index contributed by atoms with van der Waals surface area (Å²) in [5, 5.41) is 0. The normalized spacial score (nSPS) is 0. The first-order chi connectivity index (χ1) is 0.